The average molecular weight is 470 g/mol. The largest absolute Gasteiger partial charge is 0.366 e. The molecule has 1 heterocycles. The van der Waals surface area contributed by atoms with Crippen LogP contribution in [0.2, 0.25) is 5.02 Å². The van der Waals surface area contributed by atoms with Crippen molar-refractivity contribution in [2.75, 3.05) is 6.26 Å². The molecular weight excluding hydrogens is 449 g/mol. The quantitative estimate of drug-likeness (QED) is 0.514. The lowest BCUT2D eigenvalue weighted by Crippen LogP contribution is -2.35. The number of primary amides is 1. The van der Waals surface area contributed by atoms with Gasteiger partial charge in [-0.2, -0.15) is 0 Å². The van der Waals surface area contributed by atoms with Gasteiger partial charge in [-0.1, -0.05) is 29.8 Å². The van der Waals surface area contributed by atoms with Crippen molar-refractivity contribution in [2.45, 2.75) is 30.5 Å². The third-order valence-electron chi connectivity index (χ3n) is 5.68. The normalized spacial score (nSPS) is 14.8. The standard InChI is InChI=1S/C24H21ClFN3O2S/c1-32-23-18(7-4-10-28-23)24(31)29(13-14-5-2-3-6-16(14)22(27)30)21-9-8-17-19(21)11-15(25)12-20(17)26/h2-7,10-12,21H,8-9,13H2,1H3,(H2,27,30)/t21-/m1/s1. The summed E-state index contributed by atoms with van der Waals surface area (Å²) < 4.78 is 14.6. The van der Waals surface area contributed by atoms with E-state index in [9.17, 15) is 14.0 Å². The van der Waals surface area contributed by atoms with Gasteiger partial charge in [0.2, 0.25) is 5.91 Å². The first kappa shape index (κ1) is 22.3. The molecule has 5 nitrogen and oxygen atoms in total. The number of rotatable bonds is 6. The molecule has 1 atom stereocenters. The summed E-state index contributed by atoms with van der Waals surface area (Å²) >= 11 is 7.53. The Hall–Kier alpha value is -2.90. The Morgan fingerprint density at radius 2 is 1.97 bits per heavy atom. The molecule has 3 aromatic rings. The van der Waals surface area contributed by atoms with Gasteiger partial charge in [0.05, 0.1) is 11.6 Å². The number of benzene rings is 2. The highest BCUT2D eigenvalue weighted by Crippen LogP contribution is 2.40. The first-order valence-electron chi connectivity index (χ1n) is 10.1. The smallest absolute Gasteiger partial charge is 0.257 e. The fourth-order valence-electron chi connectivity index (χ4n) is 4.22. The van der Waals surface area contributed by atoms with Gasteiger partial charge >= 0.3 is 0 Å². The number of nitrogens with two attached hydrogens (primary N) is 1. The van der Waals surface area contributed by atoms with Crippen molar-refractivity contribution in [3.63, 3.8) is 0 Å². The number of fused-ring (bicyclic) bond motifs is 1. The molecular formula is C24H21ClFN3O2S. The molecule has 4 rings (SSSR count). The number of carbonyl (C=O) groups excluding carboxylic acids is 2. The fraction of sp³-hybridized carbons (Fsp3) is 0.208. The van der Waals surface area contributed by atoms with Crippen molar-refractivity contribution < 1.29 is 14.0 Å². The van der Waals surface area contributed by atoms with Gasteiger partial charge in [0.25, 0.3) is 5.91 Å². The highest BCUT2D eigenvalue weighted by atomic mass is 35.5. The summed E-state index contributed by atoms with van der Waals surface area (Å²) in [6.07, 6.45) is 4.53. The number of carbonyl (C=O) groups is 2. The Morgan fingerprint density at radius 1 is 1.22 bits per heavy atom. The van der Waals surface area contributed by atoms with E-state index >= 15 is 0 Å². The minimum atomic E-state index is -0.569. The van der Waals surface area contributed by atoms with Gasteiger partial charge in [0, 0.05) is 23.3 Å². The van der Waals surface area contributed by atoms with E-state index in [1.165, 1.54) is 17.8 Å². The molecule has 0 saturated carbocycles. The van der Waals surface area contributed by atoms with Crippen molar-refractivity contribution >= 4 is 35.2 Å². The summed E-state index contributed by atoms with van der Waals surface area (Å²) in [5.74, 6) is -1.19. The zero-order valence-electron chi connectivity index (χ0n) is 17.3. The highest BCUT2D eigenvalue weighted by molar-refractivity contribution is 7.98. The van der Waals surface area contributed by atoms with Crippen LogP contribution in [0, 0.1) is 5.82 Å². The second-order valence-electron chi connectivity index (χ2n) is 7.52. The number of thioether (sulfide) groups is 1. The Morgan fingerprint density at radius 3 is 2.72 bits per heavy atom. The monoisotopic (exact) mass is 469 g/mol. The molecule has 0 saturated heterocycles. The van der Waals surface area contributed by atoms with Gasteiger partial charge in [0.15, 0.2) is 0 Å². The van der Waals surface area contributed by atoms with Crippen molar-refractivity contribution in [2.24, 2.45) is 5.73 Å². The van der Waals surface area contributed by atoms with E-state index in [2.05, 4.69) is 4.98 Å². The van der Waals surface area contributed by atoms with Crippen LogP contribution in [0.5, 0.6) is 0 Å². The maximum atomic E-state index is 14.6. The van der Waals surface area contributed by atoms with Crippen LogP contribution in [-0.2, 0) is 13.0 Å². The van der Waals surface area contributed by atoms with E-state index in [1.807, 2.05) is 6.26 Å². The van der Waals surface area contributed by atoms with E-state index in [-0.39, 0.29) is 23.3 Å². The lowest BCUT2D eigenvalue weighted by atomic mass is 10.0. The van der Waals surface area contributed by atoms with Crippen LogP contribution in [-0.4, -0.2) is 28.0 Å². The van der Waals surface area contributed by atoms with Crippen LogP contribution in [0.25, 0.3) is 0 Å². The molecule has 32 heavy (non-hydrogen) atoms. The van der Waals surface area contributed by atoms with E-state index < -0.39 is 11.9 Å². The molecule has 0 fully saturated rings. The molecule has 1 aliphatic rings. The van der Waals surface area contributed by atoms with Gasteiger partial charge in [-0.25, -0.2) is 9.37 Å². The van der Waals surface area contributed by atoms with Gasteiger partial charge in [-0.05, 0) is 66.1 Å². The fourth-order valence-corrected chi connectivity index (χ4v) is 4.98. The highest BCUT2D eigenvalue weighted by Gasteiger charge is 2.35. The maximum Gasteiger partial charge on any atom is 0.257 e. The molecule has 0 spiro atoms. The Balaban J connectivity index is 1.82. The summed E-state index contributed by atoms with van der Waals surface area (Å²) in [4.78, 5) is 31.8. The van der Waals surface area contributed by atoms with Gasteiger partial charge in [-0.3, -0.25) is 9.59 Å². The van der Waals surface area contributed by atoms with Crippen molar-refractivity contribution in [3.8, 4) is 0 Å². The summed E-state index contributed by atoms with van der Waals surface area (Å²) in [5.41, 5.74) is 8.25. The molecule has 164 valence electrons. The average Bonchev–Trinajstić information content (AvgIpc) is 3.21. The zero-order chi connectivity index (χ0) is 22.8. The molecule has 2 amide bonds. The Labute approximate surface area is 194 Å². The molecule has 2 N–H and O–H groups in total. The number of hydrogen-bond acceptors (Lipinski definition) is 4. The minimum absolute atomic E-state index is 0.138. The molecule has 0 radical (unpaired) electrons. The van der Waals surface area contributed by atoms with Crippen molar-refractivity contribution in [1.29, 1.82) is 0 Å². The second kappa shape index (κ2) is 9.30. The third-order valence-corrected chi connectivity index (χ3v) is 6.61. The van der Waals surface area contributed by atoms with Gasteiger partial charge in [0.1, 0.15) is 10.8 Å². The van der Waals surface area contributed by atoms with E-state index in [0.717, 1.165) is 0 Å². The first-order chi connectivity index (χ1) is 15.4. The van der Waals surface area contributed by atoms with E-state index in [0.29, 0.717) is 45.7 Å². The number of pyridine rings is 1. The SMILES string of the molecule is CSc1ncccc1C(=O)N(Cc1ccccc1C(N)=O)[C@@H]1CCc2c(F)cc(Cl)cc21. The van der Waals surface area contributed by atoms with E-state index in [1.54, 1.807) is 53.6 Å². The topological polar surface area (TPSA) is 76.3 Å². The molecule has 1 aromatic heterocycles. The van der Waals surface area contributed by atoms with Crippen LogP contribution in [0.4, 0.5) is 4.39 Å². The number of amides is 2. The molecule has 0 bridgehead atoms. The van der Waals surface area contributed by atoms with Crippen LogP contribution in [0.1, 0.15) is 49.9 Å². The molecule has 0 unspecified atom stereocenters. The second-order valence-corrected chi connectivity index (χ2v) is 8.76. The molecule has 0 aliphatic heterocycles. The van der Waals surface area contributed by atoms with E-state index in [4.69, 9.17) is 17.3 Å². The van der Waals surface area contributed by atoms with Gasteiger partial charge in [-0.15, -0.1) is 11.8 Å². The predicted octanol–water partition coefficient (Wildman–Crippen LogP) is 5.02. The molecule has 1 aliphatic carbocycles. The van der Waals surface area contributed by atoms with Crippen LogP contribution in [0.15, 0.2) is 59.8 Å². The van der Waals surface area contributed by atoms with Crippen LogP contribution < -0.4 is 5.73 Å². The Kier molecular flexibility index (Phi) is 6.48. The number of nitrogens with zero attached hydrogens (tertiary/aromatic N) is 2. The van der Waals surface area contributed by atoms with Crippen LogP contribution in [0.3, 0.4) is 0 Å². The maximum absolute atomic E-state index is 14.6. The third kappa shape index (κ3) is 4.23. The molecule has 8 heteroatoms. The van der Waals surface area contributed by atoms with Gasteiger partial charge < -0.3 is 10.6 Å². The van der Waals surface area contributed by atoms with Crippen molar-refractivity contribution in [1.82, 2.24) is 9.88 Å². The minimum Gasteiger partial charge on any atom is -0.366 e. The summed E-state index contributed by atoms with van der Waals surface area (Å²) in [6.45, 7) is 0.138. The number of aromatic nitrogens is 1. The lowest BCUT2D eigenvalue weighted by Gasteiger charge is -2.31. The van der Waals surface area contributed by atoms with Crippen molar-refractivity contribution in [3.05, 3.63) is 93.4 Å². The first-order valence-corrected chi connectivity index (χ1v) is 11.7. The number of halogens is 2. The number of hydrogen-bond donors (Lipinski definition) is 1. The zero-order valence-corrected chi connectivity index (χ0v) is 18.9. The molecule has 2 aromatic carbocycles. The summed E-state index contributed by atoms with van der Waals surface area (Å²) in [7, 11) is 0. The van der Waals surface area contributed by atoms with Crippen LogP contribution >= 0.6 is 23.4 Å². The Bertz CT molecular complexity index is 1200. The lowest BCUT2D eigenvalue weighted by molar-refractivity contribution is 0.0651. The summed E-state index contributed by atoms with van der Waals surface area (Å²) in [6, 6.07) is 13.0. The summed E-state index contributed by atoms with van der Waals surface area (Å²) in [5, 5.41) is 0.880. The predicted molar refractivity (Wildman–Crippen MR) is 123 cm³/mol.